The van der Waals surface area contributed by atoms with Crippen molar-refractivity contribution >= 4 is 0 Å². The Kier molecular flexibility index (Phi) is 4.08. The van der Waals surface area contributed by atoms with Gasteiger partial charge in [0.2, 0.25) is 0 Å². The molecule has 6 heteroatoms. The Morgan fingerprint density at radius 2 is 2.11 bits per heavy atom. The maximum Gasteiger partial charge on any atom is 0.191 e. The van der Waals surface area contributed by atoms with E-state index in [0.717, 1.165) is 11.7 Å². The van der Waals surface area contributed by atoms with Crippen LogP contribution in [0, 0.1) is 5.92 Å². The van der Waals surface area contributed by atoms with Gasteiger partial charge in [-0.1, -0.05) is 18.1 Å². The fourth-order valence-corrected chi connectivity index (χ4v) is 3.67. The van der Waals surface area contributed by atoms with Gasteiger partial charge in [-0.15, -0.1) is 10.2 Å². The fourth-order valence-electron chi connectivity index (χ4n) is 3.67. The molecule has 1 saturated heterocycles. The number of nitrogens with zero attached hydrogens (tertiary/aromatic N) is 3. The maximum atomic E-state index is 4.08. The van der Waals surface area contributed by atoms with Crippen LogP contribution in [0.2, 0.25) is 0 Å². The lowest BCUT2D eigenvalue weighted by atomic mass is 9.79. The topological polar surface area (TPSA) is 78.5 Å². The second kappa shape index (κ2) is 5.96. The highest BCUT2D eigenvalue weighted by atomic mass is 15.5. The molecule has 2 aliphatic rings. The van der Waals surface area contributed by atoms with Gasteiger partial charge in [0.05, 0.1) is 6.04 Å². The standard InChI is InChI=1S/C13H24N6/c1-9(13-16-18-19-17-13)15-12-6-3-2-5-10(12)11-7-4-8-14-11/h9-12,14-15H,2-8H2,1H3,(H,16,17,18,19). The van der Waals surface area contributed by atoms with E-state index in [1.807, 2.05) is 0 Å². The number of H-pyrrole nitrogens is 1. The van der Waals surface area contributed by atoms with Crippen LogP contribution < -0.4 is 10.6 Å². The minimum Gasteiger partial charge on any atom is -0.314 e. The number of aromatic nitrogens is 4. The van der Waals surface area contributed by atoms with Crippen LogP contribution in [0.1, 0.15) is 57.3 Å². The average Bonchev–Trinajstić information content (AvgIpc) is 3.13. The molecule has 1 aromatic rings. The minimum atomic E-state index is 0.172. The van der Waals surface area contributed by atoms with Crippen LogP contribution in [0.25, 0.3) is 0 Å². The largest absolute Gasteiger partial charge is 0.314 e. The Hall–Kier alpha value is -1.01. The first kappa shape index (κ1) is 13.0. The number of nitrogens with one attached hydrogen (secondary N) is 3. The summed E-state index contributed by atoms with van der Waals surface area (Å²) in [6.07, 6.45) is 7.98. The first-order chi connectivity index (χ1) is 9.34. The fraction of sp³-hybridized carbons (Fsp3) is 0.923. The zero-order valence-electron chi connectivity index (χ0n) is 11.6. The lowest BCUT2D eigenvalue weighted by Gasteiger charge is -2.37. The van der Waals surface area contributed by atoms with Gasteiger partial charge in [0.25, 0.3) is 0 Å². The molecule has 4 unspecified atom stereocenters. The molecule has 1 aromatic heterocycles. The van der Waals surface area contributed by atoms with Crippen LogP contribution in [-0.4, -0.2) is 39.3 Å². The predicted molar refractivity (Wildman–Crippen MR) is 72.5 cm³/mol. The van der Waals surface area contributed by atoms with Gasteiger partial charge in [-0.3, -0.25) is 0 Å². The normalized spacial score (nSPS) is 33.4. The monoisotopic (exact) mass is 264 g/mol. The number of aromatic amines is 1. The molecule has 2 fully saturated rings. The van der Waals surface area contributed by atoms with E-state index in [1.165, 1.54) is 45.1 Å². The van der Waals surface area contributed by atoms with Crippen molar-refractivity contribution in [2.45, 2.75) is 63.6 Å². The van der Waals surface area contributed by atoms with Crippen LogP contribution in [0.5, 0.6) is 0 Å². The molecule has 0 amide bonds. The van der Waals surface area contributed by atoms with Gasteiger partial charge in [-0.25, -0.2) is 0 Å². The zero-order valence-corrected chi connectivity index (χ0v) is 11.6. The summed E-state index contributed by atoms with van der Waals surface area (Å²) in [4.78, 5) is 0. The van der Waals surface area contributed by atoms with E-state index in [1.54, 1.807) is 0 Å². The summed E-state index contributed by atoms with van der Waals surface area (Å²) in [6, 6.07) is 1.46. The maximum absolute atomic E-state index is 4.08. The van der Waals surface area contributed by atoms with E-state index < -0.39 is 0 Å². The minimum absolute atomic E-state index is 0.172. The molecule has 3 N–H and O–H groups in total. The summed E-state index contributed by atoms with van der Waals surface area (Å²) in [5.74, 6) is 1.52. The SMILES string of the molecule is CC(NC1CCCCC1C1CCCN1)c1nn[nH]n1. The molecule has 0 aromatic carbocycles. The Morgan fingerprint density at radius 1 is 1.21 bits per heavy atom. The van der Waals surface area contributed by atoms with Crippen LogP contribution in [0.4, 0.5) is 0 Å². The van der Waals surface area contributed by atoms with E-state index >= 15 is 0 Å². The van der Waals surface area contributed by atoms with Gasteiger partial charge < -0.3 is 10.6 Å². The van der Waals surface area contributed by atoms with Gasteiger partial charge >= 0.3 is 0 Å². The van der Waals surface area contributed by atoms with Gasteiger partial charge in [0, 0.05) is 12.1 Å². The lowest BCUT2D eigenvalue weighted by Crippen LogP contribution is -2.47. The molecule has 6 nitrogen and oxygen atoms in total. The van der Waals surface area contributed by atoms with Crippen molar-refractivity contribution in [2.75, 3.05) is 6.54 Å². The third kappa shape index (κ3) is 2.95. The van der Waals surface area contributed by atoms with Crippen molar-refractivity contribution in [2.24, 2.45) is 5.92 Å². The molecule has 0 bridgehead atoms. The molecule has 106 valence electrons. The number of rotatable bonds is 4. The number of hydrogen-bond donors (Lipinski definition) is 3. The molecular formula is C13H24N6. The first-order valence-electron chi connectivity index (χ1n) is 7.57. The zero-order chi connectivity index (χ0) is 13.1. The summed E-state index contributed by atoms with van der Waals surface area (Å²) in [5.41, 5.74) is 0. The Labute approximate surface area is 114 Å². The van der Waals surface area contributed by atoms with E-state index in [-0.39, 0.29) is 6.04 Å². The molecule has 1 aliphatic carbocycles. The van der Waals surface area contributed by atoms with E-state index in [0.29, 0.717) is 12.1 Å². The second-order valence-corrected chi connectivity index (χ2v) is 5.92. The highest BCUT2D eigenvalue weighted by Crippen LogP contribution is 2.31. The van der Waals surface area contributed by atoms with Crippen molar-refractivity contribution < 1.29 is 0 Å². The third-order valence-corrected chi connectivity index (χ3v) is 4.65. The molecule has 4 atom stereocenters. The first-order valence-corrected chi connectivity index (χ1v) is 7.57. The quantitative estimate of drug-likeness (QED) is 0.760. The predicted octanol–water partition coefficient (Wildman–Crippen LogP) is 1.16. The van der Waals surface area contributed by atoms with Crippen molar-refractivity contribution in [3.63, 3.8) is 0 Å². The second-order valence-electron chi connectivity index (χ2n) is 5.92. The summed E-state index contributed by atoms with van der Waals surface area (Å²) in [6.45, 7) is 3.31. The third-order valence-electron chi connectivity index (χ3n) is 4.65. The van der Waals surface area contributed by atoms with Crippen LogP contribution in [0.3, 0.4) is 0 Å². The van der Waals surface area contributed by atoms with Gasteiger partial charge in [-0.05, 0) is 45.1 Å². The van der Waals surface area contributed by atoms with E-state index in [9.17, 15) is 0 Å². The van der Waals surface area contributed by atoms with Gasteiger partial charge in [0.15, 0.2) is 5.82 Å². The Bertz CT molecular complexity index is 372. The Balaban J connectivity index is 1.63. The summed E-state index contributed by atoms with van der Waals surface area (Å²) >= 11 is 0. The van der Waals surface area contributed by atoms with Crippen molar-refractivity contribution in [1.29, 1.82) is 0 Å². The molecule has 1 aliphatic heterocycles. The molecule has 19 heavy (non-hydrogen) atoms. The molecular weight excluding hydrogens is 240 g/mol. The summed E-state index contributed by atoms with van der Waals surface area (Å²) in [7, 11) is 0. The van der Waals surface area contributed by atoms with Gasteiger partial charge in [0.1, 0.15) is 0 Å². The summed E-state index contributed by atoms with van der Waals surface area (Å²) in [5, 5.41) is 21.7. The van der Waals surface area contributed by atoms with E-state index in [2.05, 4.69) is 38.2 Å². The average molecular weight is 264 g/mol. The number of hydrogen-bond acceptors (Lipinski definition) is 5. The van der Waals surface area contributed by atoms with Crippen LogP contribution in [0.15, 0.2) is 0 Å². The van der Waals surface area contributed by atoms with Crippen molar-refractivity contribution in [3.8, 4) is 0 Å². The molecule has 3 rings (SSSR count). The van der Waals surface area contributed by atoms with E-state index in [4.69, 9.17) is 0 Å². The van der Waals surface area contributed by atoms with Crippen molar-refractivity contribution in [3.05, 3.63) is 5.82 Å². The van der Waals surface area contributed by atoms with Crippen LogP contribution >= 0.6 is 0 Å². The highest BCUT2D eigenvalue weighted by molar-refractivity contribution is 4.95. The van der Waals surface area contributed by atoms with Crippen LogP contribution in [-0.2, 0) is 0 Å². The molecule has 0 radical (unpaired) electrons. The summed E-state index contributed by atoms with van der Waals surface area (Å²) < 4.78 is 0. The van der Waals surface area contributed by atoms with Gasteiger partial charge in [-0.2, -0.15) is 5.21 Å². The Morgan fingerprint density at radius 3 is 2.84 bits per heavy atom. The smallest absolute Gasteiger partial charge is 0.191 e. The number of tetrazole rings is 1. The lowest BCUT2D eigenvalue weighted by molar-refractivity contribution is 0.202. The molecule has 0 spiro atoms. The molecule has 1 saturated carbocycles. The highest BCUT2D eigenvalue weighted by Gasteiger charge is 2.34. The molecule has 2 heterocycles. The van der Waals surface area contributed by atoms with Crippen molar-refractivity contribution in [1.82, 2.24) is 31.3 Å².